The molecule has 4 aromatic rings. The summed E-state index contributed by atoms with van der Waals surface area (Å²) in [5.41, 5.74) is 2.64. The van der Waals surface area contributed by atoms with Gasteiger partial charge in [-0.05, 0) is 48.0 Å². The standard InChI is InChI=1S/C27H19Cl2N3O6/c1-16(37-25-9-5-4-8-23(25)32(35)36)26(33)31-30-15-21-19-7-3-2-6-17(19)10-13-24(21)38-27(34)20-12-11-18(28)14-22(20)29/h2-16H,1H3,(H,31,33). The largest absolute Gasteiger partial charge is 0.474 e. The predicted molar refractivity (Wildman–Crippen MR) is 144 cm³/mol. The molecule has 38 heavy (non-hydrogen) atoms. The van der Waals surface area contributed by atoms with Crippen LogP contribution in [-0.4, -0.2) is 29.1 Å². The summed E-state index contributed by atoms with van der Waals surface area (Å²) in [5, 5.41) is 17.3. The lowest BCUT2D eigenvalue weighted by atomic mass is 10.0. The minimum Gasteiger partial charge on any atom is -0.474 e. The molecule has 0 fully saturated rings. The van der Waals surface area contributed by atoms with E-state index < -0.39 is 22.9 Å². The maximum absolute atomic E-state index is 12.8. The molecule has 0 aliphatic carbocycles. The number of para-hydroxylation sites is 2. The molecule has 0 spiro atoms. The fourth-order valence-corrected chi connectivity index (χ4v) is 4.00. The van der Waals surface area contributed by atoms with Gasteiger partial charge in [0.05, 0.1) is 21.7 Å². The third-order valence-electron chi connectivity index (χ3n) is 5.39. The molecule has 9 nitrogen and oxygen atoms in total. The van der Waals surface area contributed by atoms with Crippen molar-refractivity contribution >= 4 is 57.8 Å². The number of hydrogen-bond acceptors (Lipinski definition) is 7. The quantitative estimate of drug-likeness (QED) is 0.0915. The highest BCUT2D eigenvalue weighted by Gasteiger charge is 2.21. The molecule has 1 N–H and O–H groups in total. The number of halogens is 2. The first-order valence-corrected chi connectivity index (χ1v) is 11.9. The molecule has 0 heterocycles. The number of benzene rings is 4. The van der Waals surface area contributed by atoms with E-state index in [-0.39, 0.29) is 27.8 Å². The number of amides is 1. The summed E-state index contributed by atoms with van der Waals surface area (Å²) < 4.78 is 11.1. The van der Waals surface area contributed by atoms with Crippen LogP contribution in [0.25, 0.3) is 10.8 Å². The Morgan fingerprint density at radius 2 is 1.74 bits per heavy atom. The highest BCUT2D eigenvalue weighted by molar-refractivity contribution is 6.36. The summed E-state index contributed by atoms with van der Waals surface area (Å²) in [6.07, 6.45) is 0.245. The molecule has 1 unspecified atom stereocenters. The van der Waals surface area contributed by atoms with Crippen LogP contribution in [0.5, 0.6) is 11.5 Å². The molecular weight excluding hydrogens is 533 g/mol. The van der Waals surface area contributed by atoms with E-state index in [9.17, 15) is 19.7 Å². The van der Waals surface area contributed by atoms with Crippen molar-refractivity contribution in [2.45, 2.75) is 13.0 Å². The first kappa shape index (κ1) is 26.6. The first-order chi connectivity index (χ1) is 18.2. The van der Waals surface area contributed by atoms with Gasteiger partial charge < -0.3 is 9.47 Å². The lowest BCUT2D eigenvalue weighted by Gasteiger charge is -2.13. The average Bonchev–Trinajstić information content (AvgIpc) is 2.89. The van der Waals surface area contributed by atoms with E-state index >= 15 is 0 Å². The number of nitro benzene ring substituents is 1. The second-order valence-electron chi connectivity index (χ2n) is 7.93. The maximum atomic E-state index is 12.8. The normalized spacial score (nSPS) is 11.8. The van der Waals surface area contributed by atoms with Crippen molar-refractivity contribution in [2.24, 2.45) is 5.10 Å². The Bertz CT molecular complexity index is 1570. The smallest absolute Gasteiger partial charge is 0.345 e. The fraction of sp³-hybridized carbons (Fsp3) is 0.0741. The van der Waals surface area contributed by atoms with Gasteiger partial charge in [-0.15, -0.1) is 0 Å². The van der Waals surface area contributed by atoms with Crippen molar-refractivity contribution in [3.8, 4) is 11.5 Å². The molecule has 0 aliphatic heterocycles. The summed E-state index contributed by atoms with van der Waals surface area (Å²) in [7, 11) is 0. The van der Waals surface area contributed by atoms with E-state index in [4.69, 9.17) is 32.7 Å². The van der Waals surface area contributed by atoms with Crippen LogP contribution >= 0.6 is 23.2 Å². The Hall–Kier alpha value is -4.47. The lowest BCUT2D eigenvalue weighted by molar-refractivity contribution is -0.386. The Balaban J connectivity index is 1.55. The van der Waals surface area contributed by atoms with Gasteiger partial charge in [0.15, 0.2) is 11.9 Å². The number of fused-ring (bicyclic) bond motifs is 1. The van der Waals surface area contributed by atoms with E-state index in [0.717, 1.165) is 5.39 Å². The Morgan fingerprint density at radius 1 is 1.00 bits per heavy atom. The summed E-state index contributed by atoms with van der Waals surface area (Å²) in [5.74, 6) is -1.21. The number of hydrogen-bond donors (Lipinski definition) is 1. The lowest BCUT2D eigenvalue weighted by Crippen LogP contribution is -2.33. The molecule has 192 valence electrons. The molecule has 0 aliphatic rings. The van der Waals surface area contributed by atoms with Crippen molar-refractivity contribution < 1.29 is 24.0 Å². The van der Waals surface area contributed by atoms with Crippen LogP contribution in [0.15, 0.2) is 84.0 Å². The third-order valence-corrected chi connectivity index (χ3v) is 5.94. The maximum Gasteiger partial charge on any atom is 0.345 e. The van der Waals surface area contributed by atoms with Gasteiger partial charge in [0, 0.05) is 16.7 Å². The van der Waals surface area contributed by atoms with Gasteiger partial charge in [0.25, 0.3) is 5.91 Å². The molecule has 11 heteroatoms. The van der Waals surface area contributed by atoms with Crippen LogP contribution in [0.2, 0.25) is 10.0 Å². The van der Waals surface area contributed by atoms with Gasteiger partial charge in [-0.25, -0.2) is 10.2 Å². The van der Waals surface area contributed by atoms with Crippen LogP contribution < -0.4 is 14.9 Å². The van der Waals surface area contributed by atoms with Gasteiger partial charge >= 0.3 is 11.7 Å². The van der Waals surface area contributed by atoms with E-state index in [2.05, 4.69) is 10.5 Å². The SMILES string of the molecule is CC(Oc1ccccc1[N+](=O)[O-])C(=O)NN=Cc1c(OC(=O)c2ccc(Cl)cc2Cl)ccc2ccccc12. The second-order valence-corrected chi connectivity index (χ2v) is 8.78. The van der Waals surface area contributed by atoms with Crippen LogP contribution in [-0.2, 0) is 4.79 Å². The first-order valence-electron chi connectivity index (χ1n) is 11.2. The third kappa shape index (κ3) is 6.08. The number of rotatable bonds is 8. The van der Waals surface area contributed by atoms with Gasteiger partial charge in [-0.3, -0.25) is 14.9 Å². The zero-order valence-corrected chi connectivity index (χ0v) is 21.3. The molecule has 4 aromatic carbocycles. The van der Waals surface area contributed by atoms with Crippen molar-refractivity contribution in [2.75, 3.05) is 0 Å². The number of carbonyl (C=O) groups excluding carboxylic acids is 2. The molecular formula is C27H19Cl2N3O6. The van der Waals surface area contributed by atoms with Crippen LogP contribution in [0.4, 0.5) is 5.69 Å². The summed E-state index contributed by atoms with van der Waals surface area (Å²) in [6.45, 7) is 1.43. The number of nitro groups is 1. The average molecular weight is 552 g/mol. The van der Waals surface area contributed by atoms with E-state index in [1.54, 1.807) is 18.2 Å². The number of nitrogens with one attached hydrogen (secondary N) is 1. The molecule has 0 radical (unpaired) electrons. The summed E-state index contributed by atoms with van der Waals surface area (Å²) >= 11 is 12.1. The van der Waals surface area contributed by atoms with Crippen molar-refractivity contribution in [3.05, 3.63) is 110 Å². The monoisotopic (exact) mass is 551 g/mol. The highest BCUT2D eigenvalue weighted by atomic mass is 35.5. The number of ether oxygens (including phenoxy) is 2. The molecule has 1 amide bonds. The van der Waals surface area contributed by atoms with Crippen LogP contribution in [0, 0.1) is 10.1 Å². The number of carbonyl (C=O) groups is 2. The van der Waals surface area contributed by atoms with Crippen molar-refractivity contribution in [1.29, 1.82) is 0 Å². The molecule has 0 saturated heterocycles. The molecule has 0 bridgehead atoms. The summed E-state index contributed by atoms with van der Waals surface area (Å²) in [6, 6.07) is 20.9. The van der Waals surface area contributed by atoms with E-state index in [0.29, 0.717) is 16.0 Å². The fourth-order valence-electron chi connectivity index (χ4n) is 3.51. The Labute approximate surface area is 226 Å². The molecule has 4 rings (SSSR count). The topological polar surface area (TPSA) is 120 Å². The molecule has 1 atom stereocenters. The van der Waals surface area contributed by atoms with E-state index in [1.807, 2.05) is 24.3 Å². The second kappa shape index (κ2) is 11.7. The van der Waals surface area contributed by atoms with Crippen molar-refractivity contribution in [3.63, 3.8) is 0 Å². The van der Waals surface area contributed by atoms with Gasteiger partial charge in [0.2, 0.25) is 0 Å². The zero-order valence-electron chi connectivity index (χ0n) is 19.8. The summed E-state index contributed by atoms with van der Waals surface area (Å²) in [4.78, 5) is 36.0. The molecule has 0 saturated carbocycles. The minimum absolute atomic E-state index is 0.0479. The van der Waals surface area contributed by atoms with Gasteiger partial charge in [-0.1, -0.05) is 65.7 Å². The Morgan fingerprint density at radius 3 is 2.50 bits per heavy atom. The number of hydrazone groups is 1. The van der Waals surface area contributed by atoms with Gasteiger partial charge in [0.1, 0.15) is 5.75 Å². The van der Waals surface area contributed by atoms with Crippen LogP contribution in [0.3, 0.4) is 0 Å². The highest BCUT2D eigenvalue weighted by Crippen LogP contribution is 2.29. The molecule has 0 aromatic heterocycles. The zero-order chi connectivity index (χ0) is 27.2. The van der Waals surface area contributed by atoms with Gasteiger partial charge in [-0.2, -0.15) is 5.10 Å². The van der Waals surface area contributed by atoms with Crippen molar-refractivity contribution in [1.82, 2.24) is 5.43 Å². The predicted octanol–water partition coefficient (Wildman–Crippen LogP) is 6.19. The number of nitrogens with zero attached hydrogens (tertiary/aromatic N) is 2. The van der Waals surface area contributed by atoms with Crippen LogP contribution in [0.1, 0.15) is 22.8 Å². The van der Waals surface area contributed by atoms with E-state index in [1.165, 1.54) is 49.5 Å². The number of esters is 1. The minimum atomic E-state index is -1.09. The Kier molecular flexibility index (Phi) is 8.20.